The summed E-state index contributed by atoms with van der Waals surface area (Å²) < 4.78 is 7.18. The fraction of sp³-hybridized carbons (Fsp3) is 0.150. The molecule has 0 aliphatic rings. The lowest BCUT2D eigenvalue weighted by molar-refractivity contribution is 0.0963. The van der Waals surface area contributed by atoms with Crippen molar-refractivity contribution in [3.63, 3.8) is 0 Å². The number of amides is 1. The minimum absolute atomic E-state index is 0.168. The number of ether oxygens (including phenoxy) is 1. The van der Waals surface area contributed by atoms with Crippen molar-refractivity contribution in [2.45, 2.75) is 0 Å². The lowest BCUT2D eigenvalue weighted by Crippen LogP contribution is -2.17. The van der Waals surface area contributed by atoms with Crippen LogP contribution >= 0.6 is 0 Å². The number of aromatic nitrogens is 4. The number of nitrogens with zero attached hydrogens (tertiary/aromatic N) is 3. The molecule has 28 heavy (non-hydrogen) atoms. The van der Waals surface area contributed by atoms with E-state index in [1.807, 2.05) is 31.6 Å². The Bertz CT molecular complexity index is 1160. The average Bonchev–Trinajstić information content (AvgIpc) is 3.33. The molecule has 1 amide bonds. The monoisotopic (exact) mass is 376 g/mol. The highest BCUT2D eigenvalue weighted by Gasteiger charge is 2.11. The Morgan fingerprint density at radius 3 is 2.79 bits per heavy atom. The van der Waals surface area contributed by atoms with Gasteiger partial charge in [-0.15, -0.1) is 0 Å². The van der Waals surface area contributed by atoms with Crippen LogP contribution in [0.15, 0.2) is 48.9 Å². The summed E-state index contributed by atoms with van der Waals surface area (Å²) in [5, 5.41) is 11.1. The number of aryl methyl sites for hydroxylation is 1. The van der Waals surface area contributed by atoms with Crippen molar-refractivity contribution in [1.29, 1.82) is 0 Å². The van der Waals surface area contributed by atoms with E-state index in [9.17, 15) is 4.79 Å². The minimum atomic E-state index is -0.168. The standard InChI is InChI=1S/C20H20N6O2/c1-21-20(27)12-4-5-15(18(7-12)28-3)25-19-8-17-13(9-22-19)6-16(24-17)14-10-23-26(2)11-14/h4-11,24H,1-3H3,(H,21,27)(H,22,25). The topological polar surface area (TPSA) is 96.9 Å². The number of H-pyrrole nitrogens is 1. The Balaban J connectivity index is 1.64. The van der Waals surface area contributed by atoms with E-state index in [4.69, 9.17) is 4.74 Å². The first kappa shape index (κ1) is 17.6. The van der Waals surface area contributed by atoms with E-state index in [0.717, 1.165) is 27.8 Å². The van der Waals surface area contributed by atoms with Crippen molar-refractivity contribution >= 4 is 28.3 Å². The summed E-state index contributed by atoms with van der Waals surface area (Å²) >= 11 is 0. The Morgan fingerprint density at radius 2 is 2.07 bits per heavy atom. The zero-order chi connectivity index (χ0) is 19.7. The smallest absolute Gasteiger partial charge is 0.251 e. The molecule has 0 fully saturated rings. The molecule has 142 valence electrons. The third-order valence-electron chi connectivity index (χ3n) is 4.47. The summed E-state index contributed by atoms with van der Waals surface area (Å²) in [7, 11) is 5.05. The molecule has 3 heterocycles. The Morgan fingerprint density at radius 1 is 1.21 bits per heavy atom. The van der Waals surface area contributed by atoms with Gasteiger partial charge in [0.05, 0.1) is 24.5 Å². The molecule has 8 nitrogen and oxygen atoms in total. The van der Waals surface area contributed by atoms with Crippen molar-refractivity contribution in [1.82, 2.24) is 25.1 Å². The van der Waals surface area contributed by atoms with Gasteiger partial charge in [0.15, 0.2) is 0 Å². The number of carbonyl (C=O) groups excluding carboxylic acids is 1. The number of anilines is 2. The van der Waals surface area contributed by atoms with E-state index in [1.54, 1.807) is 43.2 Å². The van der Waals surface area contributed by atoms with Crippen LogP contribution in [0.4, 0.5) is 11.5 Å². The van der Waals surface area contributed by atoms with Gasteiger partial charge >= 0.3 is 0 Å². The molecule has 0 aliphatic heterocycles. The quantitative estimate of drug-likeness (QED) is 0.497. The van der Waals surface area contributed by atoms with Crippen LogP contribution in [0.25, 0.3) is 22.2 Å². The van der Waals surface area contributed by atoms with Crippen LogP contribution in [0.1, 0.15) is 10.4 Å². The molecular weight excluding hydrogens is 356 g/mol. The molecule has 0 saturated heterocycles. The molecule has 1 aromatic carbocycles. The average molecular weight is 376 g/mol. The van der Waals surface area contributed by atoms with Crippen LogP contribution in [-0.4, -0.2) is 39.8 Å². The van der Waals surface area contributed by atoms with Gasteiger partial charge in [-0.2, -0.15) is 5.10 Å². The van der Waals surface area contributed by atoms with Crippen LogP contribution in [0, 0.1) is 0 Å². The molecular formula is C20H20N6O2. The minimum Gasteiger partial charge on any atom is -0.495 e. The molecule has 0 radical (unpaired) electrons. The van der Waals surface area contributed by atoms with Crippen LogP contribution in [0.5, 0.6) is 5.75 Å². The van der Waals surface area contributed by atoms with Crippen LogP contribution in [-0.2, 0) is 7.05 Å². The summed E-state index contributed by atoms with van der Waals surface area (Å²) in [5.41, 5.74) is 4.20. The van der Waals surface area contributed by atoms with Crippen molar-refractivity contribution in [2.24, 2.45) is 7.05 Å². The molecule has 0 atom stereocenters. The molecule has 3 aromatic heterocycles. The van der Waals surface area contributed by atoms with Gasteiger partial charge < -0.3 is 20.4 Å². The first-order valence-corrected chi connectivity index (χ1v) is 8.72. The summed E-state index contributed by atoms with van der Waals surface area (Å²) in [6, 6.07) is 9.19. The molecule has 0 unspecified atom stereocenters. The number of fused-ring (bicyclic) bond motifs is 1. The maximum Gasteiger partial charge on any atom is 0.251 e. The summed E-state index contributed by atoms with van der Waals surface area (Å²) in [6.45, 7) is 0. The zero-order valence-electron chi connectivity index (χ0n) is 15.8. The van der Waals surface area contributed by atoms with Crippen molar-refractivity contribution < 1.29 is 9.53 Å². The first-order valence-electron chi connectivity index (χ1n) is 8.72. The number of methoxy groups -OCH3 is 1. The predicted molar refractivity (Wildman–Crippen MR) is 108 cm³/mol. The van der Waals surface area contributed by atoms with E-state index in [0.29, 0.717) is 17.1 Å². The van der Waals surface area contributed by atoms with E-state index in [1.165, 1.54) is 0 Å². The van der Waals surface area contributed by atoms with Crippen LogP contribution in [0.2, 0.25) is 0 Å². The number of pyridine rings is 1. The van der Waals surface area contributed by atoms with Gasteiger partial charge in [-0.1, -0.05) is 0 Å². The summed E-state index contributed by atoms with van der Waals surface area (Å²) in [5.74, 6) is 1.06. The van der Waals surface area contributed by atoms with Gasteiger partial charge in [0.1, 0.15) is 11.6 Å². The predicted octanol–water partition coefficient (Wildman–Crippen LogP) is 3.08. The second-order valence-corrected chi connectivity index (χ2v) is 6.36. The summed E-state index contributed by atoms with van der Waals surface area (Å²) in [6.07, 6.45) is 5.58. The lowest BCUT2D eigenvalue weighted by atomic mass is 10.1. The Labute approximate surface area is 161 Å². The molecule has 0 saturated carbocycles. The molecule has 4 aromatic rings. The van der Waals surface area contributed by atoms with Crippen LogP contribution < -0.4 is 15.4 Å². The van der Waals surface area contributed by atoms with Gasteiger partial charge in [0, 0.05) is 54.8 Å². The first-order chi connectivity index (χ1) is 13.6. The van der Waals surface area contributed by atoms with Gasteiger partial charge in [0.25, 0.3) is 5.91 Å². The number of hydrogen-bond acceptors (Lipinski definition) is 5. The SMILES string of the molecule is CNC(=O)c1ccc(Nc2cc3[nH]c(-c4cnn(C)c4)cc3cn2)c(OC)c1. The van der Waals surface area contributed by atoms with E-state index >= 15 is 0 Å². The van der Waals surface area contributed by atoms with E-state index in [-0.39, 0.29) is 5.91 Å². The van der Waals surface area contributed by atoms with Crippen molar-refractivity contribution in [2.75, 3.05) is 19.5 Å². The van der Waals surface area contributed by atoms with Crippen molar-refractivity contribution in [3.05, 3.63) is 54.5 Å². The highest BCUT2D eigenvalue weighted by Crippen LogP contribution is 2.30. The summed E-state index contributed by atoms with van der Waals surface area (Å²) in [4.78, 5) is 19.7. The van der Waals surface area contributed by atoms with Gasteiger partial charge in [-0.05, 0) is 24.3 Å². The number of hydrogen-bond donors (Lipinski definition) is 3. The number of nitrogens with one attached hydrogen (secondary N) is 3. The highest BCUT2D eigenvalue weighted by molar-refractivity contribution is 5.95. The molecule has 4 rings (SSSR count). The number of benzene rings is 1. The van der Waals surface area contributed by atoms with Gasteiger partial charge in [-0.3, -0.25) is 9.48 Å². The fourth-order valence-electron chi connectivity index (χ4n) is 3.03. The largest absolute Gasteiger partial charge is 0.495 e. The highest BCUT2D eigenvalue weighted by atomic mass is 16.5. The third kappa shape index (κ3) is 3.27. The number of rotatable bonds is 5. The number of carbonyl (C=O) groups is 1. The molecule has 3 N–H and O–H groups in total. The number of aromatic amines is 1. The maximum absolute atomic E-state index is 11.8. The Hall–Kier alpha value is -3.81. The Kier molecular flexibility index (Phi) is 4.44. The lowest BCUT2D eigenvalue weighted by Gasteiger charge is -2.12. The van der Waals surface area contributed by atoms with E-state index in [2.05, 4.69) is 25.7 Å². The van der Waals surface area contributed by atoms with Gasteiger partial charge in [0.2, 0.25) is 0 Å². The second-order valence-electron chi connectivity index (χ2n) is 6.36. The second kappa shape index (κ2) is 7.07. The fourth-order valence-corrected chi connectivity index (χ4v) is 3.03. The maximum atomic E-state index is 11.8. The molecule has 0 bridgehead atoms. The van der Waals surface area contributed by atoms with Crippen LogP contribution in [0.3, 0.4) is 0 Å². The van der Waals surface area contributed by atoms with Gasteiger partial charge in [-0.25, -0.2) is 4.98 Å². The van der Waals surface area contributed by atoms with E-state index < -0.39 is 0 Å². The third-order valence-corrected chi connectivity index (χ3v) is 4.47. The molecule has 0 aliphatic carbocycles. The van der Waals surface area contributed by atoms with Crippen molar-refractivity contribution in [3.8, 4) is 17.0 Å². The molecule has 8 heteroatoms. The zero-order valence-corrected chi connectivity index (χ0v) is 15.8. The normalized spacial score (nSPS) is 10.8. The molecule has 0 spiro atoms.